The Kier molecular flexibility index (Phi) is 37.5. The highest BCUT2D eigenvalue weighted by Crippen LogP contribution is 2.38. The molecule has 0 aliphatic carbocycles. The van der Waals surface area contributed by atoms with Crippen LogP contribution < -0.4 is 0 Å². The lowest BCUT2D eigenvalue weighted by Gasteiger charge is -2.14. The lowest BCUT2D eigenvalue weighted by molar-refractivity contribution is 1.25. The molecule has 0 unspecified atom stereocenters. The fraction of sp³-hybridized carbons (Fsp3) is 0.299. The fourth-order valence-electron chi connectivity index (χ4n) is 18.2. The zero-order valence-corrected chi connectivity index (χ0v) is 92.0. The third kappa shape index (κ3) is 28.2. The van der Waals surface area contributed by atoms with Crippen molar-refractivity contribution < 1.29 is 0 Å². The van der Waals surface area contributed by atoms with E-state index in [4.69, 9.17) is 0 Å². The van der Waals surface area contributed by atoms with E-state index in [1.165, 1.54) is 317 Å². The smallest absolute Gasteiger partial charge is 0.0149 e. The zero-order chi connectivity index (χ0) is 101. The molecular weight excluding hydrogens is 1650 g/mol. The first-order valence-corrected chi connectivity index (χ1v) is 49.6. The predicted molar refractivity (Wildman–Crippen MR) is 609 cm³/mol. The number of hydrogen-bond donors (Lipinski definition) is 0. The normalized spacial score (nSPS) is 10.7. The standard InChI is InChI=1S/3C18H22.3C17H20.2C16H18/c1-11-7-17(8-12(2)15(11)5)18-9-13(3)16(6)14(4)10-18;2*1-11-7-15(5)17(9-13(11)3)18-10-14(4)12(2)8-16(18)6;1-11-6-7-16(9-13(11)3)17-10-14(4)12(2)8-15(17)5;1-11-6-7-16(8-12(11)2)17-9-13(3)15(5)14(4)10-17;1-11-6-7-16(14(4)8-11)17-10-13(3)12(2)9-15(17)5;1-11-5-7-15(9-13(11)3)16-8-6-12(2)14(4)10-16;1-11-5-7-15(13(3)9-11)16-8-6-12(2)10-14(16)4/h3*7-10H,1-6H3;3*6-10H,1-5H3;2*5-10H,1-4H3. The molecule has 0 radical (unpaired) electrons. The first kappa shape index (κ1) is 108. The van der Waals surface area contributed by atoms with Crippen LogP contribution in [0.4, 0.5) is 0 Å². The van der Waals surface area contributed by atoms with Crippen LogP contribution in [0.25, 0.3) is 89.0 Å². The van der Waals surface area contributed by atoms with Gasteiger partial charge in [0.25, 0.3) is 0 Å². The van der Waals surface area contributed by atoms with Crippen molar-refractivity contribution in [3.05, 3.63) is 465 Å². The summed E-state index contributed by atoms with van der Waals surface area (Å²) in [5.74, 6) is 0. The third-order valence-electron chi connectivity index (χ3n) is 29.5. The Morgan fingerprint density at radius 2 is 0.226 bits per heavy atom. The Hall–Kier alpha value is -12.5. The molecule has 0 saturated carbocycles. The van der Waals surface area contributed by atoms with Crippen LogP contribution in [-0.2, 0) is 0 Å². The molecular formula is C137H162. The van der Waals surface area contributed by atoms with Crippen LogP contribution in [0.2, 0.25) is 0 Å². The van der Waals surface area contributed by atoms with Crippen molar-refractivity contribution in [3.8, 4) is 89.0 Å². The Bertz CT molecular complexity index is 6630. The van der Waals surface area contributed by atoms with Gasteiger partial charge in [0.05, 0.1) is 0 Å². The molecule has 16 aromatic rings. The van der Waals surface area contributed by atoms with Crippen LogP contribution in [0.1, 0.15) is 228 Å². The molecule has 0 bridgehead atoms. The van der Waals surface area contributed by atoms with E-state index in [-0.39, 0.29) is 0 Å². The summed E-state index contributed by atoms with van der Waals surface area (Å²) in [6.45, 7) is 89.4. The summed E-state index contributed by atoms with van der Waals surface area (Å²) in [6.07, 6.45) is 0. The highest BCUT2D eigenvalue weighted by atomic mass is 14.2. The Balaban J connectivity index is 0.000000175. The van der Waals surface area contributed by atoms with Gasteiger partial charge in [0.2, 0.25) is 0 Å². The van der Waals surface area contributed by atoms with Gasteiger partial charge in [-0.05, 0) is 584 Å². The number of rotatable bonds is 8. The molecule has 0 nitrogen and oxygen atoms in total. The molecule has 0 aliphatic rings. The maximum absolute atomic E-state index is 2.32. The van der Waals surface area contributed by atoms with Gasteiger partial charge in [-0.15, -0.1) is 0 Å². The average Bonchev–Trinajstić information content (AvgIpc) is 0.795. The molecule has 0 spiro atoms. The van der Waals surface area contributed by atoms with E-state index in [1.807, 2.05) is 0 Å². The van der Waals surface area contributed by atoms with Gasteiger partial charge < -0.3 is 0 Å². The fourth-order valence-corrected chi connectivity index (χ4v) is 18.2. The van der Waals surface area contributed by atoms with Crippen molar-refractivity contribution >= 4 is 0 Å². The monoisotopic (exact) mass is 1810 g/mol. The molecule has 0 N–H and O–H groups in total. The summed E-state index contributed by atoms with van der Waals surface area (Å²) < 4.78 is 0. The van der Waals surface area contributed by atoms with Gasteiger partial charge >= 0.3 is 0 Å². The quantitative estimate of drug-likeness (QED) is 0.142. The van der Waals surface area contributed by atoms with Gasteiger partial charge in [-0.2, -0.15) is 0 Å². The van der Waals surface area contributed by atoms with Crippen molar-refractivity contribution in [3.63, 3.8) is 0 Å². The Morgan fingerprint density at radius 1 is 0.0803 bits per heavy atom. The molecule has 0 heteroatoms. The largest absolute Gasteiger partial charge is 0.0587 e. The summed E-state index contributed by atoms with van der Waals surface area (Å²) in [5, 5.41) is 0. The van der Waals surface area contributed by atoms with Crippen LogP contribution in [0.15, 0.2) is 237 Å². The molecule has 0 amide bonds. The Morgan fingerprint density at radius 3 is 0.445 bits per heavy atom. The van der Waals surface area contributed by atoms with Gasteiger partial charge in [-0.1, -0.05) is 253 Å². The van der Waals surface area contributed by atoms with Gasteiger partial charge in [-0.25, -0.2) is 0 Å². The second kappa shape index (κ2) is 47.5. The van der Waals surface area contributed by atoms with Gasteiger partial charge in [0.15, 0.2) is 0 Å². The van der Waals surface area contributed by atoms with Crippen LogP contribution in [0.5, 0.6) is 0 Å². The van der Waals surface area contributed by atoms with Crippen molar-refractivity contribution in [2.24, 2.45) is 0 Å². The topological polar surface area (TPSA) is 0 Å². The molecule has 0 heterocycles. The van der Waals surface area contributed by atoms with Crippen LogP contribution >= 0.6 is 0 Å². The van der Waals surface area contributed by atoms with E-state index < -0.39 is 0 Å². The number of aryl methyl sites for hydroxylation is 38. The summed E-state index contributed by atoms with van der Waals surface area (Å²) in [5.41, 5.74) is 77.5. The van der Waals surface area contributed by atoms with Crippen molar-refractivity contribution in [2.45, 2.75) is 284 Å². The van der Waals surface area contributed by atoms with Crippen molar-refractivity contribution in [2.75, 3.05) is 0 Å². The van der Waals surface area contributed by atoms with Gasteiger partial charge in [-0.3, -0.25) is 0 Å². The van der Waals surface area contributed by atoms with Crippen molar-refractivity contribution in [1.82, 2.24) is 0 Å². The SMILES string of the molecule is Cc1cc(-c2cc(C)c(C)c(C)c2)cc(C)c1C.Cc1cc(C)c(-c2cc(C)c(C)cc2C)cc1C.Cc1cc(C)c(-c2cc(C)c(C)cc2C)cc1C.Cc1ccc(-c2cc(C)c(C)c(C)c2)cc1C.Cc1ccc(-c2cc(C)c(C)cc2C)c(C)c1.Cc1ccc(-c2cc(C)c(C)cc2C)cc1C.Cc1ccc(-c2ccc(C)c(C)c2)cc1C.Cc1ccc(-c2ccc(C)cc2C)c(C)c1. The summed E-state index contributed by atoms with van der Waals surface area (Å²) >= 11 is 0. The molecule has 0 aliphatic heterocycles. The van der Waals surface area contributed by atoms with Crippen LogP contribution in [0.3, 0.4) is 0 Å². The highest BCUT2D eigenvalue weighted by Gasteiger charge is 2.16. The number of benzene rings is 16. The molecule has 0 saturated heterocycles. The van der Waals surface area contributed by atoms with Crippen LogP contribution in [-0.4, -0.2) is 0 Å². The van der Waals surface area contributed by atoms with E-state index in [2.05, 4.69) is 520 Å². The average molecular weight is 1810 g/mol. The summed E-state index contributed by atoms with van der Waals surface area (Å²) in [7, 11) is 0. The van der Waals surface area contributed by atoms with E-state index in [1.54, 1.807) is 0 Å². The number of hydrogen-bond acceptors (Lipinski definition) is 0. The summed E-state index contributed by atoms with van der Waals surface area (Å²) in [6, 6.07) is 88.1. The van der Waals surface area contributed by atoms with Gasteiger partial charge in [0, 0.05) is 0 Å². The molecule has 0 atom stereocenters. The first-order chi connectivity index (χ1) is 64.3. The zero-order valence-electron chi connectivity index (χ0n) is 92.0. The molecule has 16 rings (SSSR count). The maximum Gasteiger partial charge on any atom is -0.0149 e. The summed E-state index contributed by atoms with van der Waals surface area (Å²) in [4.78, 5) is 0. The first-order valence-electron chi connectivity index (χ1n) is 49.6. The minimum atomic E-state index is 1.31. The van der Waals surface area contributed by atoms with Crippen molar-refractivity contribution in [1.29, 1.82) is 0 Å². The Labute approximate surface area is 831 Å². The minimum Gasteiger partial charge on any atom is -0.0587 e. The molecule has 710 valence electrons. The van der Waals surface area contributed by atoms with E-state index in [9.17, 15) is 0 Å². The lowest BCUT2D eigenvalue weighted by Crippen LogP contribution is -1.93. The molecule has 0 fully saturated rings. The van der Waals surface area contributed by atoms with E-state index in [0.29, 0.717) is 0 Å². The van der Waals surface area contributed by atoms with Crippen LogP contribution in [0, 0.1) is 284 Å². The molecule has 0 aromatic heterocycles. The van der Waals surface area contributed by atoms with Gasteiger partial charge in [0.1, 0.15) is 0 Å². The van der Waals surface area contributed by atoms with E-state index in [0.717, 1.165) is 0 Å². The maximum atomic E-state index is 2.32. The lowest BCUT2D eigenvalue weighted by atomic mass is 9.90. The second-order valence-corrected chi connectivity index (χ2v) is 40.9. The minimum absolute atomic E-state index is 1.31. The molecule has 16 aromatic carbocycles. The highest BCUT2D eigenvalue weighted by molar-refractivity contribution is 5.78. The third-order valence-corrected chi connectivity index (χ3v) is 29.5. The van der Waals surface area contributed by atoms with E-state index >= 15 is 0 Å². The predicted octanol–water partition coefficient (Wildman–Crippen LogP) is 39.5. The molecule has 137 heavy (non-hydrogen) atoms. The second-order valence-electron chi connectivity index (χ2n) is 40.9.